The van der Waals surface area contributed by atoms with Crippen LogP contribution in [0.1, 0.15) is 11.4 Å². The summed E-state index contributed by atoms with van der Waals surface area (Å²) in [6, 6.07) is 7.81. The molecule has 0 spiro atoms. The molecule has 12 heavy (non-hydrogen) atoms. The molecule has 0 fully saturated rings. The summed E-state index contributed by atoms with van der Waals surface area (Å²) in [5.41, 5.74) is 2.37. The number of rotatable bonds is 0. The van der Waals surface area contributed by atoms with Gasteiger partial charge in [0.2, 0.25) is 0 Å². The van der Waals surface area contributed by atoms with Crippen LogP contribution < -0.4 is 0 Å². The summed E-state index contributed by atoms with van der Waals surface area (Å²) in [7, 11) is 0. The standard InChI is InChI=1S/C9H7N3/c1-7-3-2-4-9-11-8(5-10)6-12(7)9/h2-4,6H,1H3. The van der Waals surface area contributed by atoms with E-state index in [-0.39, 0.29) is 0 Å². The minimum Gasteiger partial charge on any atom is -0.303 e. The van der Waals surface area contributed by atoms with Gasteiger partial charge < -0.3 is 4.40 Å². The van der Waals surface area contributed by atoms with Crippen molar-refractivity contribution in [3.63, 3.8) is 0 Å². The molecule has 0 amide bonds. The molecule has 0 saturated carbocycles. The molecule has 58 valence electrons. The molecule has 2 rings (SSSR count). The summed E-state index contributed by atoms with van der Waals surface area (Å²) >= 11 is 0. The van der Waals surface area contributed by atoms with E-state index >= 15 is 0 Å². The van der Waals surface area contributed by atoms with Gasteiger partial charge >= 0.3 is 0 Å². The highest BCUT2D eigenvalue weighted by atomic mass is 15.0. The molecule has 0 aliphatic rings. The van der Waals surface area contributed by atoms with Gasteiger partial charge in [0, 0.05) is 11.9 Å². The van der Waals surface area contributed by atoms with Gasteiger partial charge in [0.05, 0.1) is 0 Å². The fourth-order valence-electron chi connectivity index (χ4n) is 1.20. The van der Waals surface area contributed by atoms with Crippen LogP contribution in [-0.4, -0.2) is 9.38 Å². The van der Waals surface area contributed by atoms with Crippen LogP contribution in [0.3, 0.4) is 0 Å². The molecule has 0 radical (unpaired) electrons. The van der Waals surface area contributed by atoms with E-state index in [1.54, 1.807) is 6.20 Å². The fourth-order valence-corrected chi connectivity index (χ4v) is 1.20. The van der Waals surface area contributed by atoms with Crippen molar-refractivity contribution in [1.29, 1.82) is 5.26 Å². The highest BCUT2D eigenvalue weighted by Crippen LogP contribution is 2.06. The number of hydrogen-bond donors (Lipinski definition) is 0. The second-order valence-electron chi connectivity index (χ2n) is 2.63. The minimum absolute atomic E-state index is 0.462. The summed E-state index contributed by atoms with van der Waals surface area (Å²) in [5, 5.41) is 8.60. The van der Waals surface area contributed by atoms with Gasteiger partial charge in [-0.3, -0.25) is 0 Å². The van der Waals surface area contributed by atoms with Crippen LogP contribution >= 0.6 is 0 Å². The Labute approximate surface area is 69.9 Å². The molecule has 0 aliphatic carbocycles. The van der Waals surface area contributed by atoms with Crippen LogP contribution in [0, 0.1) is 18.3 Å². The third-order valence-corrected chi connectivity index (χ3v) is 1.81. The molecule has 0 bridgehead atoms. The lowest BCUT2D eigenvalue weighted by molar-refractivity contribution is 1.09. The minimum atomic E-state index is 0.462. The smallest absolute Gasteiger partial charge is 0.159 e. The van der Waals surface area contributed by atoms with Gasteiger partial charge in [-0.1, -0.05) is 6.07 Å². The fraction of sp³-hybridized carbons (Fsp3) is 0.111. The van der Waals surface area contributed by atoms with Crippen molar-refractivity contribution in [1.82, 2.24) is 9.38 Å². The van der Waals surface area contributed by atoms with Crippen LogP contribution in [0.5, 0.6) is 0 Å². The van der Waals surface area contributed by atoms with Gasteiger partial charge in [-0.2, -0.15) is 5.26 Å². The SMILES string of the molecule is Cc1cccc2nc(C#N)cn12. The van der Waals surface area contributed by atoms with Crippen molar-refractivity contribution in [2.75, 3.05) is 0 Å². The van der Waals surface area contributed by atoms with E-state index in [0.717, 1.165) is 11.3 Å². The number of hydrogen-bond acceptors (Lipinski definition) is 2. The lowest BCUT2D eigenvalue weighted by Gasteiger charge is -1.95. The highest BCUT2D eigenvalue weighted by Gasteiger charge is 2.00. The van der Waals surface area contributed by atoms with Gasteiger partial charge in [-0.25, -0.2) is 4.98 Å². The first-order valence-electron chi connectivity index (χ1n) is 3.66. The maximum Gasteiger partial charge on any atom is 0.159 e. The molecule has 0 saturated heterocycles. The van der Waals surface area contributed by atoms with Crippen molar-refractivity contribution in [2.45, 2.75) is 6.92 Å². The van der Waals surface area contributed by atoms with Gasteiger partial charge in [0.15, 0.2) is 5.69 Å². The van der Waals surface area contributed by atoms with Crippen molar-refractivity contribution in [3.8, 4) is 6.07 Å². The second kappa shape index (κ2) is 2.35. The van der Waals surface area contributed by atoms with E-state index < -0.39 is 0 Å². The number of aromatic nitrogens is 2. The molecular weight excluding hydrogens is 150 g/mol. The van der Waals surface area contributed by atoms with E-state index in [1.165, 1.54) is 0 Å². The number of fused-ring (bicyclic) bond motifs is 1. The Morgan fingerprint density at radius 3 is 3.00 bits per heavy atom. The van der Waals surface area contributed by atoms with Crippen molar-refractivity contribution < 1.29 is 0 Å². The zero-order chi connectivity index (χ0) is 8.55. The predicted octanol–water partition coefficient (Wildman–Crippen LogP) is 1.51. The Morgan fingerprint density at radius 1 is 1.50 bits per heavy atom. The number of pyridine rings is 1. The Balaban J connectivity index is 2.85. The third-order valence-electron chi connectivity index (χ3n) is 1.81. The molecule has 0 atom stereocenters. The van der Waals surface area contributed by atoms with Crippen LogP contribution in [0.25, 0.3) is 5.65 Å². The molecule has 2 heterocycles. The van der Waals surface area contributed by atoms with Gasteiger partial charge in [-0.05, 0) is 19.1 Å². The van der Waals surface area contributed by atoms with Crippen molar-refractivity contribution in [3.05, 3.63) is 35.8 Å². The van der Waals surface area contributed by atoms with E-state index in [1.807, 2.05) is 35.6 Å². The quantitative estimate of drug-likeness (QED) is 0.581. The van der Waals surface area contributed by atoms with Gasteiger partial charge in [-0.15, -0.1) is 0 Å². The van der Waals surface area contributed by atoms with Gasteiger partial charge in [0.25, 0.3) is 0 Å². The van der Waals surface area contributed by atoms with Crippen molar-refractivity contribution in [2.24, 2.45) is 0 Å². The van der Waals surface area contributed by atoms with Crippen LogP contribution in [0.2, 0.25) is 0 Å². The second-order valence-corrected chi connectivity index (χ2v) is 2.63. The first kappa shape index (κ1) is 6.86. The summed E-state index contributed by atoms with van der Waals surface area (Å²) in [6.07, 6.45) is 1.74. The molecular formula is C9H7N3. The summed E-state index contributed by atoms with van der Waals surface area (Å²) < 4.78 is 1.90. The third kappa shape index (κ3) is 0.857. The van der Waals surface area contributed by atoms with E-state index in [0.29, 0.717) is 5.69 Å². The van der Waals surface area contributed by atoms with E-state index in [2.05, 4.69) is 4.98 Å². The Bertz CT molecular complexity index is 462. The lowest BCUT2D eigenvalue weighted by Crippen LogP contribution is -1.86. The zero-order valence-electron chi connectivity index (χ0n) is 6.65. The summed E-state index contributed by atoms with van der Waals surface area (Å²) in [6.45, 7) is 1.98. The lowest BCUT2D eigenvalue weighted by atomic mass is 10.4. The van der Waals surface area contributed by atoms with Crippen LogP contribution in [0.15, 0.2) is 24.4 Å². The Kier molecular flexibility index (Phi) is 1.34. The zero-order valence-corrected chi connectivity index (χ0v) is 6.65. The molecule has 0 unspecified atom stereocenters. The highest BCUT2D eigenvalue weighted by molar-refractivity contribution is 5.43. The van der Waals surface area contributed by atoms with Crippen molar-refractivity contribution >= 4 is 5.65 Å². The molecule has 0 N–H and O–H groups in total. The average Bonchev–Trinajstić information content (AvgIpc) is 2.49. The van der Waals surface area contributed by atoms with Crippen LogP contribution in [-0.2, 0) is 0 Å². The molecule has 3 nitrogen and oxygen atoms in total. The Hall–Kier alpha value is -1.82. The first-order valence-corrected chi connectivity index (χ1v) is 3.66. The van der Waals surface area contributed by atoms with E-state index in [4.69, 9.17) is 5.26 Å². The maximum absolute atomic E-state index is 8.60. The molecule has 2 aromatic heterocycles. The largest absolute Gasteiger partial charge is 0.303 e. The number of aryl methyl sites for hydroxylation is 1. The number of nitrogens with zero attached hydrogens (tertiary/aromatic N) is 3. The summed E-state index contributed by atoms with van der Waals surface area (Å²) in [4.78, 5) is 4.09. The number of imidazole rings is 1. The normalized spacial score (nSPS) is 10.0. The van der Waals surface area contributed by atoms with Gasteiger partial charge in [0.1, 0.15) is 11.7 Å². The molecule has 0 aromatic carbocycles. The van der Waals surface area contributed by atoms with E-state index in [9.17, 15) is 0 Å². The maximum atomic E-state index is 8.60. The summed E-state index contributed by atoms with van der Waals surface area (Å²) in [5.74, 6) is 0. The molecule has 3 heteroatoms. The first-order chi connectivity index (χ1) is 5.81. The monoisotopic (exact) mass is 157 g/mol. The molecule has 0 aliphatic heterocycles. The average molecular weight is 157 g/mol. The Morgan fingerprint density at radius 2 is 2.33 bits per heavy atom. The predicted molar refractivity (Wildman–Crippen MR) is 44.6 cm³/mol. The molecule has 2 aromatic rings. The van der Waals surface area contributed by atoms with Crippen LogP contribution in [0.4, 0.5) is 0 Å². The number of nitriles is 1. The topological polar surface area (TPSA) is 41.1 Å².